The Morgan fingerprint density at radius 1 is 1.29 bits per heavy atom. The Morgan fingerprint density at radius 2 is 2.08 bits per heavy atom. The molecule has 132 valence electrons. The van der Waals surface area contributed by atoms with E-state index in [4.69, 9.17) is 4.74 Å². The lowest BCUT2D eigenvalue weighted by Gasteiger charge is -2.33. The Labute approximate surface area is 144 Å². The molecule has 24 heavy (non-hydrogen) atoms. The molecule has 1 fully saturated rings. The minimum atomic E-state index is 0.0173. The van der Waals surface area contributed by atoms with Gasteiger partial charge in [0.15, 0.2) is 0 Å². The van der Waals surface area contributed by atoms with Crippen LogP contribution in [0.1, 0.15) is 49.9 Å². The zero-order chi connectivity index (χ0) is 17.4. The van der Waals surface area contributed by atoms with Crippen LogP contribution in [0.5, 0.6) is 5.75 Å². The molecule has 5 heteroatoms. The van der Waals surface area contributed by atoms with Crippen molar-refractivity contribution in [2.75, 3.05) is 26.2 Å². The molecule has 1 saturated heterocycles. The molecule has 0 saturated carbocycles. The molecular formula is C19H28N2O3. The van der Waals surface area contributed by atoms with Crippen LogP contribution in [-0.4, -0.2) is 43.0 Å². The van der Waals surface area contributed by atoms with Gasteiger partial charge in [0.1, 0.15) is 5.75 Å². The van der Waals surface area contributed by atoms with Crippen molar-refractivity contribution < 1.29 is 14.3 Å². The van der Waals surface area contributed by atoms with Crippen molar-refractivity contribution in [3.63, 3.8) is 0 Å². The number of hydrogen-bond donors (Lipinski definition) is 1. The minimum absolute atomic E-state index is 0.0173. The molecule has 0 radical (unpaired) electrons. The van der Waals surface area contributed by atoms with Gasteiger partial charge in [0.2, 0.25) is 5.91 Å². The second-order valence-electron chi connectivity index (χ2n) is 6.24. The van der Waals surface area contributed by atoms with Crippen LogP contribution in [0.2, 0.25) is 0 Å². The van der Waals surface area contributed by atoms with Gasteiger partial charge in [-0.1, -0.05) is 19.1 Å². The second-order valence-corrected chi connectivity index (χ2v) is 6.24. The Kier molecular flexibility index (Phi) is 7.09. The minimum Gasteiger partial charge on any atom is -0.493 e. The second kappa shape index (κ2) is 9.30. The first-order chi connectivity index (χ1) is 11.7. The lowest BCUT2D eigenvalue weighted by molar-refractivity contribution is -0.121. The SMILES string of the molecule is CCCC(=O)NC[C@@H]1CCCN(C(=O)c2ccccc2OCC)C1. The van der Waals surface area contributed by atoms with E-state index in [9.17, 15) is 9.59 Å². The Morgan fingerprint density at radius 3 is 2.83 bits per heavy atom. The summed E-state index contributed by atoms with van der Waals surface area (Å²) < 4.78 is 5.58. The van der Waals surface area contributed by atoms with Gasteiger partial charge in [0, 0.05) is 26.1 Å². The molecule has 2 rings (SSSR count). The van der Waals surface area contributed by atoms with Crippen LogP contribution < -0.4 is 10.1 Å². The van der Waals surface area contributed by atoms with Gasteiger partial charge >= 0.3 is 0 Å². The number of carbonyl (C=O) groups excluding carboxylic acids is 2. The van der Waals surface area contributed by atoms with Crippen LogP contribution >= 0.6 is 0 Å². The first kappa shape index (κ1) is 18.3. The van der Waals surface area contributed by atoms with Crippen molar-refractivity contribution in [3.05, 3.63) is 29.8 Å². The van der Waals surface area contributed by atoms with Crippen LogP contribution in [0, 0.1) is 5.92 Å². The van der Waals surface area contributed by atoms with Gasteiger partial charge in [-0.15, -0.1) is 0 Å². The summed E-state index contributed by atoms with van der Waals surface area (Å²) in [4.78, 5) is 26.4. The number of likely N-dealkylation sites (tertiary alicyclic amines) is 1. The predicted octanol–water partition coefficient (Wildman–Crippen LogP) is 2.85. The molecule has 2 amide bonds. The molecule has 0 aromatic heterocycles. The first-order valence-corrected chi connectivity index (χ1v) is 8.93. The highest BCUT2D eigenvalue weighted by Gasteiger charge is 2.26. The molecule has 1 aliphatic rings. The number of para-hydroxylation sites is 1. The number of benzene rings is 1. The number of hydrogen-bond acceptors (Lipinski definition) is 3. The van der Waals surface area contributed by atoms with E-state index in [1.54, 1.807) is 0 Å². The summed E-state index contributed by atoms with van der Waals surface area (Å²) in [6.07, 6.45) is 3.44. The summed E-state index contributed by atoms with van der Waals surface area (Å²) in [6.45, 7) is 6.55. The van der Waals surface area contributed by atoms with Gasteiger partial charge in [-0.25, -0.2) is 0 Å². The van der Waals surface area contributed by atoms with Gasteiger partial charge in [0.05, 0.1) is 12.2 Å². The zero-order valence-electron chi connectivity index (χ0n) is 14.7. The van der Waals surface area contributed by atoms with Crippen molar-refractivity contribution in [1.82, 2.24) is 10.2 Å². The van der Waals surface area contributed by atoms with Gasteiger partial charge < -0.3 is 15.0 Å². The van der Waals surface area contributed by atoms with E-state index >= 15 is 0 Å². The summed E-state index contributed by atoms with van der Waals surface area (Å²) in [6, 6.07) is 7.40. The van der Waals surface area contributed by atoms with Crippen LogP contribution in [0.4, 0.5) is 0 Å². The van der Waals surface area contributed by atoms with Crippen LogP contribution in [0.25, 0.3) is 0 Å². The highest BCUT2D eigenvalue weighted by molar-refractivity contribution is 5.97. The summed E-state index contributed by atoms with van der Waals surface area (Å²) in [5, 5.41) is 2.98. The average Bonchev–Trinajstić information content (AvgIpc) is 2.61. The molecule has 5 nitrogen and oxygen atoms in total. The Balaban J connectivity index is 1.96. The summed E-state index contributed by atoms with van der Waals surface area (Å²) in [7, 11) is 0. The van der Waals surface area contributed by atoms with E-state index in [0.29, 0.717) is 43.3 Å². The third kappa shape index (κ3) is 4.98. The first-order valence-electron chi connectivity index (χ1n) is 8.93. The molecular weight excluding hydrogens is 304 g/mol. The molecule has 0 bridgehead atoms. The zero-order valence-corrected chi connectivity index (χ0v) is 14.7. The number of nitrogens with one attached hydrogen (secondary N) is 1. The van der Waals surface area contributed by atoms with Gasteiger partial charge in [-0.3, -0.25) is 9.59 Å². The van der Waals surface area contributed by atoms with E-state index in [2.05, 4.69) is 5.32 Å². The maximum Gasteiger partial charge on any atom is 0.257 e. The van der Waals surface area contributed by atoms with E-state index in [0.717, 1.165) is 25.8 Å². The molecule has 1 heterocycles. The number of ether oxygens (including phenoxy) is 1. The van der Waals surface area contributed by atoms with Crippen LogP contribution in [0.3, 0.4) is 0 Å². The molecule has 1 atom stereocenters. The molecule has 1 N–H and O–H groups in total. The number of rotatable bonds is 7. The molecule has 1 aromatic carbocycles. The van der Waals surface area contributed by atoms with Crippen LogP contribution in [-0.2, 0) is 4.79 Å². The smallest absolute Gasteiger partial charge is 0.257 e. The maximum absolute atomic E-state index is 12.8. The lowest BCUT2D eigenvalue weighted by atomic mass is 9.97. The van der Waals surface area contributed by atoms with Gasteiger partial charge in [0.25, 0.3) is 5.91 Å². The number of amides is 2. The monoisotopic (exact) mass is 332 g/mol. The fourth-order valence-corrected chi connectivity index (χ4v) is 3.08. The third-order valence-corrected chi connectivity index (χ3v) is 4.29. The van der Waals surface area contributed by atoms with E-state index < -0.39 is 0 Å². The van der Waals surface area contributed by atoms with E-state index in [-0.39, 0.29) is 11.8 Å². The van der Waals surface area contributed by atoms with E-state index in [1.165, 1.54) is 0 Å². The number of nitrogens with zero attached hydrogens (tertiary/aromatic N) is 1. The van der Waals surface area contributed by atoms with Crippen molar-refractivity contribution >= 4 is 11.8 Å². The van der Waals surface area contributed by atoms with Crippen molar-refractivity contribution in [2.45, 2.75) is 39.5 Å². The van der Waals surface area contributed by atoms with Crippen molar-refractivity contribution in [1.29, 1.82) is 0 Å². The maximum atomic E-state index is 12.8. The summed E-state index contributed by atoms with van der Waals surface area (Å²) in [5.74, 6) is 1.08. The van der Waals surface area contributed by atoms with Crippen LogP contribution in [0.15, 0.2) is 24.3 Å². The Hall–Kier alpha value is -2.04. The molecule has 0 spiro atoms. The average molecular weight is 332 g/mol. The summed E-state index contributed by atoms with van der Waals surface area (Å²) in [5.41, 5.74) is 0.620. The number of carbonyl (C=O) groups is 2. The topological polar surface area (TPSA) is 58.6 Å². The summed E-state index contributed by atoms with van der Waals surface area (Å²) >= 11 is 0. The molecule has 0 aliphatic carbocycles. The molecule has 1 aliphatic heterocycles. The normalized spacial score (nSPS) is 17.4. The van der Waals surface area contributed by atoms with E-state index in [1.807, 2.05) is 43.0 Å². The predicted molar refractivity (Wildman–Crippen MR) is 94.2 cm³/mol. The quantitative estimate of drug-likeness (QED) is 0.835. The number of piperidine rings is 1. The van der Waals surface area contributed by atoms with Crippen molar-refractivity contribution in [2.24, 2.45) is 5.92 Å². The Bertz CT molecular complexity index is 559. The molecule has 1 aromatic rings. The third-order valence-electron chi connectivity index (χ3n) is 4.29. The fraction of sp³-hybridized carbons (Fsp3) is 0.579. The largest absolute Gasteiger partial charge is 0.493 e. The molecule has 0 unspecified atom stereocenters. The van der Waals surface area contributed by atoms with Crippen molar-refractivity contribution in [3.8, 4) is 5.75 Å². The van der Waals surface area contributed by atoms with Gasteiger partial charge in [-0.05, 0) is 44.2 Å². The van der Waals surface area contributed by atoms with Gasteiger partial charge in [-0.2, -0.15) is 0 Å². The highest BCUT2D eigenvalue weighted by atomic mass is 16.5. The highest BCUT2D eigenvalue weighted by Crippen LogP contribution is 2.23. The standard InChI is InChI=1S/C19H28N2O3/c1-3-8-18(22)20-13-15-9-7-12-21(14-15)19(23)16-10-5-6-11-17(16)24-4-2/h5-6,10-11,15H,3-4,7-9,12-14H2,1-2H3,(H,20,22)/t15-/m0/s1. The fourth-order valence-electron chi connectivity index (χ4n) is 3.08. The lowest BCUT2D eigenvalue weighted by Crippen LogP contribution is -2.43.